The van der Waals surface area contributed by atoms with E-state index in [0.29, 0.717) is 12.8 Å². The van der Waals surface area contributed by atoms with Gasteiger partial charge in [0.05, 0.1) is 25.4 Å². The Labute approximate surface area is 361 Å². The monoisotopic (exact) mass is 836 g/mol. The van der Waals surface area contributed by atoms with Crippen molar-refractivity contribution in [2.24, 2.45) is 0 Å². The van der Waals surface area contributed by atoms with E-state index in [0.717, 1.165) is 64.2 Å². The van der Waals surface area contributed by atoms with E-state index in [1.54, 1.807) is 0 Å². The van der Waals surface area contributed by atoms with Gasteiger partial charge in [-0.1, -0.05) is 204 Å². The molecule has 0 aromatic heterocycles. The lowest BCUT2D eigenvalue weighted by molar-refractivity contribution is -0.302. The Hall–Kier alpha value is -1.59. The summed E-state index contributed by atoms with van der Waals surface area (Å²) in [7, 11) is 0. The standard InChI is InChI=1S/C50H93NO8/c1-3-5-7-9-11-13-15-17-18-19-20-21-22-23-24-25-26-28-29-31-33-35-37-39-44(53)43(42-58-50-49(57)48(56)47(55)45(41-52)59-50)51-46(54)40-38-36-34-32-30-27-16-14-12-10-8-6-4-2/h6,8,12,14,27,30,43-45,47-50,52-53,55-57H,3-5,7,9-11,13,15-26,28-29,31-42H2,1-2H3,(H,51,54)/b8-6-,14-12-,30-27-. The number of aliphatic hydroxyl groups excluding tert-OH is 5. The van der Waals surface area contributed by atoms with Gasteiger partial charge in [0, 0.05) is 6.42 Å². The lowest BCUT2D eigenvalue weighted by Gasteiger charge is -2.40. The summed E-state index contributed by atoms with van der Waals surface area (Å²) in [5.74, 6) is -0.173. The van der Waals surface area contributed by atoms with E-state index in [9.17, 15) is 30.3 Å². The van der Waals surface area contributed by atoms with E-state index in [2.05, 4.69) is 55.6 Å². The Balaban J connectivity index is 2.26. The first-order chi connectivity index (χ1) is 28.8. The second-order valence-corrected chi connectivity index (χ2v) is 17.2. The lowest BCUT2D eigenvalue weighted by Crippen LogP contribution is -2.60. The molecule has 7 unspecified atom stereocenters. The summed E-state index contributed by atoms with van der Waals surface area (Å²) in [5.41, 5.74) is 0. The molecule has 346 valence electrons. The van der Waals surface area contributed by atoms with Crippen LogP contribution < -0.4 is 5.32 Å². The first-order valence-corrected chi connectivity index (χ1v) is 24.7. The van der Waals surface area contributed by atoms with Crippen LogP contribution in [0, 0.1) is 0 Å². The molecule has 0 saturated carbocycles. The maximum absolute atomic E-state index is 13.0. The minimum absolute atomic E-state index is 0.150. The molecule has 7 atom stereocenters. The highest BCUT2D eigenvalue weighted by Crippen LogP contribution is 2.23. The number of carbonyl (C=O) groups excluding carboxylic acids is 1. The van der Waals surface area contributed by atoms with E-state index in [1.807, 2.05) is 0 Å². The normalized spacial score (nSPS) is 21.0. The van der Waals surface area contributed by atoms with Crippen molar-refractivity contribution in [3.63, 3.8) is 0 Å². The minimum Gasteiger partial charge on any atom is -0.394 e. The molecular formula is C50H93NO8. The Kier molecular flexibility index (Phi) is 38.0. The topological polar surface area (TPSA) is 149 Å². The van der Waals surface area contributed by atoms with Gasteiger partial charge in [0.2, 0.25) is 5.91 Å². The van der Waals surface area contributed by atoms with Gasteiger partial charge in [-0.05, 0) is 44.9 Å². The molecule has 0 aliphatic carbocycles. The van der Waals surface area contributed by atoms with Crippen LogP contribution in [-0.4, -0.2) is 87.5 Å². The van der Waals surface area contributed by atoms with Crippen LogP contribution in [0.1, 0.15) is 219 Å². The number of aliphatic hydroxyl groups is 5. The molecule has 6 N–H and O–H groups in total. The van der Waals surface area contributed by atoms with Crippen LogP contribution in [0.2, 0.25) is 0 Å². The Bertz CT molecular complexity index is 1020. The molecule has 0 aromatic rings. The molecule has 0 spiro atoms. The molecule has 1 aliphatic rings. The number of rotatable bonds is 41. The summed E-state index contributed by atoms with van der Waals surface area (Å²) in [4.78, 5) is 13.0. The molecule has 9 nitrogen and oxygen atoms in total. The number of carbonyl (C=O) groups is 1. The number of allylic oxidation sites excluding steroid dienone is 6. The number of hydrogen-bond donors (Lipinski definition) is 6. The fourth-order valence-electron chi connectivity index (χ4n) is 7.82. The largest absolute Gasteiger partial charge is 0.394 e. The van der Waals surface area contributed by atoms with Gasteiger partial charge in [0.25, 0.3) is 0 Å². The molecule has 1 heterocycles. The molecule has 0 radical (unpaired) electrons. The van der Waals surface area contributed by atoms with Gasteiger partial charge in [-0.15, -0.1) is 0 Å². The van der Waals surface area contributed by atoms with Crippen LogP contribution >= 0.6 is 0 Å². The Morgan fingerprint density at radius 1 is 0.593 bits per heavy atom. The molecule has 9 heteroatoms. The van der Waals surface area contributed by atoms with Gasteiger partial charge in [0.15, 0.2) is 6.29 Å². The summed E-state index contributed by atoms with van der Waals surface area (Å²) >= 11 is 0. The molecule has 0 bridgehead atoms. The number of amides is 1. The summed E-state index contributed by atoms with van der Waals surface area (Å²) in [5, 5.41) is 54.4. The molecule has 1 fully saturated rings. The van der Waals surface area contributed by atoms with Gasteiger partial charge in [-0.3, -0.25) is 4.79 Å². The summed E-state index contributed by atoms with van der Waals surface area (Å²) in [6, 6.07) is -0.733. The first-order valence-electron chi connectivity index (χ1n) is 24.7. The predicted octanol–water partition coefficient (Wildman–Crippen LogP) is 10.8. The zero-order valence-electron chi connectivity index (χ0n) is 38.0. The number of unbranched alkanes of at least 4 members (excludes halogenated alkanes) is 25. The van der Waals surface area contributed by atoms with Crippen LogP contribution in [-0.2, 0) is 14.3 Å². The third-order valence-corrected chi connectivity index (χ3v) is 11.8. The van der Waals surface area contributed by atoms with Crippen molar-refractivity contribution in [1.82, 2.24) is 5.32 Å². The summed E-state index contributed by atoms with van der Waals surface area (Å²) in [6.07, 6.45) is 43.1. The van der Waals surface area contributed by atoms with Crippen molar-refractivity contribution in [2.45, 2.75) is 262 Å². The van der Waals surface area contributed by atoms with E-state index in [4.69, 9.17) is 9.47 Å². The van der Waals surface area contributed by atoms with Crippen molar-refractivity contribution < 1.29 is 39.8 Å². The highest BCUT2D eigenvalue weighted by atomic mass is 16.7. The van der Waals surface area contributed by atoms with Crippen LogP contribution in [0.15, 0.2) is 36.5 Å². The van der Waals surface area contributed by atoms with Gasteiger partial charge >= 0.3 is 0 Å². The number of nitrogens with one attached hydrogen (secondary N) is 1. The van der Waals surface area contributed by atoms with Crippen LogP contribution in [0.5, 0.6) is 0 Å². The highest BCUT2D eigenvalue weighted by molar-refractivity contribution is 5.76. The minimum atomic E-state index is -1.56. The van der Waals surface area contributed by atoms with Crippen molar-refractivity contribution in [1.29, 1.82) is 0 Å². The third-order valence-electron chi connectivity index (χ3n) is 11.8. The van der Waals surface area contributed by atoms with Gasteiger partial charge in [-0.2, -0.15) is 0 Å². The second kappa shape index (κ2) is 40.5. The molecule has 59 heavy (non-hydrogen) atoms. The van der Waals surface area contributed by atoms with Crippen molar-refractivity contribution >= 4 is 5.91 Å². The van der Waals surface area contributed by atoms with Crippen LogP contribution in [0.3, 0.4) is 0 Å². The zero-order valence-corrected chi connectivity index (χ0v) is 38.0. The van der Waals surface area contributed by atoms with E-state index in [1.165, 1.54) is 128 Å². The highest BCUT2D eigenvalue weighted by Gasteiger charge is 2.44. The van der Waals surface area contributed by atoms with Gasteiger partial charge in [-0.25, -0.2) is 0 Å². The predicted molar refractivity (Wildman–Crippen MR) is 244 cm³/mol. The molecule has 0 aromatic carbocycles. The third kappa shape index (κ3) is 31.0. The molecule has 1 aliphatic heterocycles. The van der Waals surface area contributed by atoms with Crippen molar-refractivity contribution in [3.8, 4) is 0 Å². The molecule has 1 saturated heterocycles. The molecule has 1 amide bonds. The number of ether oxygens (including phenoxy) is 2. The maximum atomic E-state index is 13.0. The SMILES string of the molecule is CC/C=C\C/C=C\C/C=C\CCCCCC(=O)NC(COC1OC(CO)C(O)C(O)C1O)C(O)CCCCCCCCCCCCCCCCCCCCCCCCC. The van der Waals surface area contributed by atoms with E-state index >= 15 is 0 Å². The second-order valence-electron chi connectivity index (χ2n) is 17.2. The zero-order chi connectivity index (χ0) is 43.0. The summed E-state index contributed by atoms with van der Waals surface area (Å²) < 4.78 is 11.3. The molecular weight excluding hydrogens is 743 g/mol. The van der Waals surface area contributed by atoms with Crippen LogP contribution in [0.4, 0.5) is 0 Å². The van der Waals surface area contributed by atoms with Crippen LogP contribution in [0.25, 0.3) is 0 Å². The molecule has 1 rings (SSSR count). The maximum Gasteiger partial charge on any atom is 0.220 e. The Morgan fingerprint density at radius 3 is 1.54 bits per heavy atom. The average Bonchev–Trinajstić information content (AvgIpc) is 3.23. The smallest absolute Gasteiger partial charge is 0.220 e. The lowest BCUT2D eigenvalue weighted by atomic mass is 9.99. The van der Waals surface area contributed by atoms with Crippen molar-refractivity contribution in [2.75, 3.05) is 13.2 Å². The van der Waals surface area contributed by atoms with Gasteiger partial charge in [0.1, 0.15) is 24.4 Å². The van der Waals surface area contributed by atoms with Gasteiger partial charge < -0.3 is 40.3 Å². The fourth-order valence-corrected chi connectivity index (χ4v) is 7.82. The van der Waals surface area contributed by atoms with E-state index < -0.39 is 49.5 Å². The van der Waals surface area contributed by atoms with Crippen molar-refractivity contribution in [3.05, 3.63) is 36.5 Å². The van der Waals surface area contributed by atoms with E-state index in [-0.39, 0.29) is 12.5 Å². The Morgan fingerprint density at radius 2 is 1.05 bits per heavy atom. The summed E-state index contributed by atoms with van der Waals surface area (Å²) in [6.45, 7) is 3.71. The average molecular weight is 836 g/mol. The quantitative estimate of drug-likeness (QED) is 0.0263. The number of hydrogen-bond acceptors (Lipinski definition) is 8. The first kappa shape index (κ1) is 55.4. The fraction of sp³-hybridized carbons (Fsp3) is 0.860.